The standard InChI is InChI=1S/C11H14FNO3S/c1-9-8-10(12)4-5-11(9)17(14,15)13-6-2-3-7-16-13/h4-5,8H,2-3,6-7H2,1H3. The minimum Gasteiger partial charge on any atom is -0.284 e. The molecule has 0 bridgehead atoms. The van der Waals surface area contributed by atoms with Crippen molar-refractivity contribution >= 4 is 10.0 Å². The SMILES string of the molecule is Cc1cc(F)ccc1S(=O)(=O)N1CCCCO1. The first-order chi connectivity index (χ1) is 8.01. The highest BCUT2D eigenvalue weighted by molar-refractivity contribution is 7.89. The molecule has 4 nitrogen and oxygen atoms in total. The summed E-state index contributed by atoms with van der Waals surface area (Å²) < 4.78 is 38.3. The monoisotopic (exact) mass is 259 g/mol. The van der Waals surface area contributed by atoms with E-state index in [1.807, 2.05) is 0 Å². The van der Waals surface area contributed by atoms with Crippen LogP contribution in [0.4, 0.5) is 4.39 Å². The van der Waals surface area contributed by atoms with Crippen LogP contribution >= 0.6 is 0 Å². The van der Waals surface area contributed by atoms with E-state index in [-0.39, 0.29) is 4.90 Å². The Hall–Kier alpha value is -0.980. The van der Waals surface area contributed by atoms with Crippen LogP contribution in [0, 0.1) is 12.7 Å². The lowest BCUT2D eigenvalue weighted by Gasteiger charge is -2.25. The zero-order chi connectivity index (χ0) is 12.5. The molecule has 0 unspecified atom stereocenters. The van der Waals surface area contributed by atoms with Gasteiger partial charge in [-0.15, -0.1) is 0 Å². The lowest BCUT2D eigenvalue weighted by molar-refractivity contribution is -0.108. The molecule has 1 heterocycles. The maximum Gasteiger partial charge on any atom is 0.265 e. The van der Waals surface area contributed by atoms with Crippen LogP contribution in [0.15, 0.2) is 23.1 Å². The molecule has 0 N–H and O–H groups in total. The number of benzene rings is 1. The number of halogens is 1. The highest BCUT2D eigenvalue weighted by Crippen LogP contribution is 2.23. The number of aryl methyl sites for hydroxylation is 1. The predicted molar refractivity (Wildman–Crippen MR) is 60.2 cm³/mol. The van der Waals surface area contributed by atoms with Gasteiger partial charge in [0.1, 0.15) is 5.82 Å². The molecule has 1 aromatic rings. The zero-order valence-electron chi connectivity index (χ0n) is 9.52. The fourth-order valence-electron chi connectivity index (χ4n) is 1.78. The molecule has 0 amide bonds. The lowest BCUT2D eigenvalue weighted by Crippen LogP contribution is -2.36. The van der Waals surface area contributed by atoms with Crippen molar-refractivity contribution in [3.8, 4) is 0 Å². The molecule has 1 aliphatic rings. The van der Waals surface area contributed by atoms with Gasteiger partial charge in [-0.1, -0.05) is 4.47 Å². The topological polar surface area (TPSA) is 46.6 Å². The van der Waals surface area contributed by atoms with Crippen molar-refractivity contribution in [3.63, 3.8) is 0 Å². The highest BCUT2D eigenvalue weighted by atomic mass is 32.2. The molecule has 94 valence electrons. The fourth-order valence-corrected chi connectivity index (χ4v) is 3.28. The molecule has 0 saturated carbocycles. The number of hydroxylamine groups is 1. The van der Waals surface area contributed by atoms with E-state index in [4.69, 9.17) is 4.84 Å². The molecule has 1 saturated heterocycles. The second-order valence-electron chi connectivity index (χ2n) is 3.98. The summed E-state index contributed by atoms with van der Waals surface area (Å²) >= 11 is 0. The third-order valence-corrected chi connectivity index (χ3v) is 4.49. The highest BCUT2D eigenvalue weighted by Gasteiger charge is 2.28. The van der Waals surface area contributed by atoms with Crippen molar-refractivity contribution in [2.45, 2.75) is 24.7 Å². The molecule has 0 aromatic heterocycles. The Labute approximate surface area is 100 Å². The number of hydrogen-bond acceptors (Lipinski definition) is 3. The van der Waals surface area contributed by atoms with Crippen molar-refractivity contribution < 1.29 is 17.6 Å². The van der Waals surface area contributed by atoms with E-state index in [0.29, 0.717) is 18.7 Å². The summed E-state index contributed by atoms with van der Waals surface area (Å²) in [6.07, 6.45) is 1.63. The minimum atomic E-state index is -3.67. The molecule has 2 rings (SSSR count). The second-order valence-corrected chi connectivity index (χ2v) is 5.78. The number of hydrogen-bond donors (Lipinski definition) is 0. The average molecular weight is 259 g/mol. The molecule has 0 spiro atoms. The third-order valence-electron chi connectivity index (χ3n) is 2.65. The molecule has 1 aliphatic heterocycles. The zero-order valence-corrected chi connectivity index (χ0v) is 10.3. The summed E-state index contributed by atoms with van der Waals surface area (Å²) in [7, 11) is -3.67. The third kappa shape index (κ3) is 2.48. The minimum absolute atomic E-state index is 0.0980. The van der Waals surface area contributed by atoms with Crippen LogP contribution in [-0.4, -0.2) is 26.0 Å². The van der Waals surface area contributed by atoms with Crippen LogP contribution < -0.4 is 0 Å². The normalized spacial score (nSPS) is 18.2. The number of rotatable bonds is 2. The van der Waals surface area contributed by atoms with Crippen LogP contribution in [0.25, 0.3) is 0 Å². The van der Waals surface area contributed by atoms with Crippen molar-refractivity contribution in [1.82, 2.24) is 4.47 Å². The van der Waals surface area contributed by atoms with Crippen LogP contribution in [0.1, 0.15) is 18.4 Å². The quantitative estimate of drug-likeness (QED) is 0.814. The summed E-state index contributed by atoms with van der Waals surface area (Å²) in [6, 6.07) is 3.62. The van der Waals surface area contributed by atoms with Crippen molar-refractivity contribution in [1.29, 1.82) is 0 Å². The molecule has 17 heavy (non-hydrogen) atoms. The fraction of sp³-hybridized carbons (Fsp3) is 0.455. The Balaban J connectivity index is 2.37. The summed E-state index contributed by atoms with van der Waals surface area (Å²) in [6.45, 7) is 2.32. The van der Waals surface area contributed by atoms with Gasteiger partial charge in [0.15, 0.2) is 0 Å². The maximum absolute atomic E-state index is 12.9. The molecule has 1 fully saturated rings. The van der Waals surface area contributed by atoms with Crippen molar-refractivity contribution in [2.75, 3.05) is 13.2 Å². The van der Waals surface area contributed by atoms with Gasteiger partial charge in [0, 0.05) is 6.54 Å². The lowest BCUT2D eigenvalue weighted by atomic mass is 10.2. The molecule has 6 heteroatoms. The van der Waals surface area contributed by atoms with Gasteiger partial charge in [0.25, 0.3) is 10.0 Å². The van der Waals surface area contributed by atoms with E-state index in [1.165, 1.54) is 12.1 Å². The van der Waals surface area contributed by atoms with E-state index in [9.17, 15) is 12.8 Å². The Morgan fingerprint density at radius 3 is 2.71 bits per heavy atom. The predicted octanol–water partition coefficient (Wildman–Crippen LogP) is 1.85. The van der Waals surface area contributed by atoms with Gasteiger partial charge in [-0.3, -0.25) is 4.84 Å². The van der Waals surface area contributed by atoms with E-state index in [1.54, 1.807) is 6.92 Å². The van der Waals surface area contributed by atoms with Crippen LogP contribution in [0.3, 0.4) is 0 Å². The molecular weight excluding hydrogens is 245 g/mol. The van der Waals surface area contributed by atoms with E-state index >= 15 is 0 Å². The van der Waals surface area contributed by atoms with Gasteiger partial charge >= 0.3 is 0 Å². The van der Waals surface area contributed by atoms with Gasteiger partial charge in [-0.2, -0.15) is 0 Å². The summed E-state index contributed by atoms with van der Waals surface area (Å²) in [4.78, 5) is 5.23. The van der Waals surface area contributed by atoms with E-state index < -0.39 is 15.8 Å². The smallest absolute Gasteiger partial charge is 0.265 e. The Morgan fingerprint density at radius 2 is 2.12 bits per heavy atom. The van der Waals surface area contributed by atoms with Gasteiger partial charge < -0.3 is 0 Å². The Bertz CT molecular complexity index is 509. The Kier molecular flexibility index (Phi) is 3.46. The second kappa shape index (κ2) is 4.72. The van der Waals surface area contributed by atoms with E-state index in [2.05, 4.69) is 0 Å². The van der Waals surface area contributed by atoms with Crippen molar-refractivity contribution in [2.24, 2.45) is 0 Å². The van der Waals surface area contributed by atoms with Crippen LogP contribution in [0.5, 0.6) is 0 Å². The maximum atomic E-state index is 12.9. The first-order valence-corrected chi connectivity index (χ1v) is 6.87. The molecule has 0 radical (unpaired) electrons. The Morgan fingerprint density at radius 1 is 1.35 bits per heavy atom. The van der Waals surface area contributed by atoms with Crippen LogP contribution in [-0.2, 0) is 14.9 Å². The number of sulfonamides is 1. The van der Waals surface area contributed by atoms with Crippen LogP contribution in [0.2, 0.25) is 0 Å². The molecule has 0 atom stereocenters. The first-order valence-electron chi connectivity index (χ1n) is 5.43. The van der Waals surface area contributed by atoms with Gasteiger partial charge in [-0.05, 0) is 43.5 Å². The summed E-state index contributed by atoms with van der Waals surface area (Å²) in [5, 5.41) is 0. The summed E-state index contributed by atoms with van der Waals surface area (Å²) in [5.41, 5.74) is 0.388. The van der Waals surface area contributed by atoms with Gasteiger partial charge in [-0.25, -0.2) is 12.8 Å². The first kappa shape index (κ1) is 12.5. The average Bonchev–Trinajstić information content (AvgIpc) is 2.29. The molecular formula is C11H14FNO3S. The molecule has 0 aliphatic carbocycles. The number of nitrogens with zero attached hydrogens (tertiary/aromatic N) is 1. The van der Waals surface area contributed by atoms with E-state index in [0.717, 1.165) is 23.4 Å². The van der Waals surface area contributed by atoms with Gasteiger partial charge in [0.05, 0.1) is 11.5 Å². The largest absolute Gasteiger partial charge is 0.284 e. The van der Waals surface area contributed by atoms with Gasteiger partial charge in [0.2, 0.25) is 0 Å². The summed E-state index contributed by atoms with van der Waals surface area (Å²) in [5.74, 6) is -0.444. The van der Waals surface area contributed by atoms with Crippen molar-refractivity contribution in [3.05, 3.63) is 29.6 Å². The molecule has 1 aromatic carbocycles.